The van der Waals surface area contributed by atoms with Crippen LogP contribution in [0.1, 0.15) is 0 Å². The average Bonchev–Trinajstić information content (AvgIpc) is 2.37. The lowest BCUT2D eigenvalue weighted by Gasteiger charge is -2.21. The minimum atomic E-state index is -5.49. The van der Waals surface area contributed by atoms with Crippen LogP contribution >= 0.6 is 0 Å². The highest BCUT2D eigenvalue weighted by atomic mass is 32.2. The second-order valence-corrected chi connectivity index (χ2v) is 5.76. The summed E-state index contributed by atoms with van der Waals surface area (Å²) in [4.78, 5) is 11.3. The van der Waals surface area contributed by atoms with Crippen molar-refractivity contribution in [3.8, 4) is 0 Å². The Morgan fingerprint density at radius 2 is 1.85 bits per heavy atom. The maximum Gasteiger partial charge on any atom is 0.501 e. The van der Waals surface area contributed by atoms with Crippen molar-refractivity contribution in [3.05, 3.63) is 24.3 Å². The number of para-hydroxylation sites is 1. The van der Waals surface area contributed by atoms with Crippen molar-refractivity contribution in [2.24, 2.45) is 0 Å². The summed E-state index contributed by atoms with van der Waals surface area (Å²) in [6, 6.07) is 4.57. The summed E-state index contributed by atoms with van der Waals surface area (Å²) in [6.45, 7) is -0.374. The molecule has 112 valence electrons. The van der Waals surface area contributed by atoms with Crippen LogP contribution in [-0.2, 0) is 19.4 Å². The molecular formula is C11H12F3NO4S. The Labute approximate surface area is 113 Å². The summed E-state index contributed by atoms with van der Waals surface area (Å²) in [6.07, 6.45) is 0. The lowest BCUT2D eigenvalue weighted by Crippen LogP contribution is -2.30. The molecule has 0 radical (unpaired) electrons. The quantitative estimate of drug-likeness (QED) is 0.790. The van der Waals surface area contributed by atoms with E-state index in [0.717, 1.165) is 18.1 Å². The van der Waals surface area contributed by atoms with Gasteiger partial charge in [-0.3, -0.25) is 4.79 Å². The van der Waals surface area contributed by atoms with Gasteiger partial charge in [0.25, 0.3) is 9.84 Å². The fraction of sp³-hybridized carbons (Fsp3) is 0.364. The number of esters is 1. The van der Waals surface area contributed by atoms with Crippen molar-refractivity contribution < 1.29 is 31.1 Å². The smallest absolute Gasteiger partial charge is 0.468 e. The fourth-order valence-electron chi connectivity index (χ4n) is 1.47. The Morgan fingerprint density at radius 3 is 2.35 bits per heavy atom. The molecule has 20 heavy (non-hydrogen) atoms. The number of carbonyl (C=O) groups excluding carboxylic acids is 1. The summed E-state index contributed by atoms with van der Waals surface area (Å²) in [5.41, 5.74) is -5.63. The van der Waals surface area contributed by atoms with Gasteiger partial charge in [0.2, 0.25) is 0 Å². The summed E-state index contributed by atoms with van der Waals surface area (Å²) in [7, 11) is -3.08. The van der Waals surface area contributed by atoms with Gasteiger partial charge >= 0.3 is 11.5 Å². The van der Waals surface area contributed by atoms with E-state index in [2.05, 4.69) is 4.74 Å². The van der Waals surface area contributed by atoms with Crippen LogP contribution in [0.3, 0.4) is 0 Å². The van der Waals surface area contributed by atoms with E-state index in [9.17, 15) is 26.4 Å². The molecule has 0 aliphatic carbocycles. The molecule has 0 aliphatic rings. The van der Waals surface area contributed by atoms with E-state index in [-0.39, 0.29) is 12.2 Å². The summed E-state index contributed by atoms with van der Waals surface area (Å²) in [5, 5.41) is 0. The number of hydrogen-bond acceptors (Lipinski definition) is 5. The molecule has 0 fully saturated rings. The minimum Gasteiger partial charge on any atom is -0.468 e. The normalized spacial score (nSPS) is 12.1. The number of carbonyl (C=O) groups is 1. The number of sulfone groups is 1. The van der Waals surface area contributed by atoms with Gasteiger partial charge in [0, 0.05) is 7.05 Å². The third-order valence-corrected chi connectivity index (χ3v) is 4.00. The highest BCUT2D eigenvalue weighted by molar-refractivity contribution is 7.92. The number of rotatable bonds is 4. The first kappa shape index (κ1) is 16.3. The highest BCUT2D eigenvalue weighted by Crippen LogP contribution is 2.35. The molecular weight excluding hydrogens is 299 g/mol. The van der Waals surface area contributed by atoms with E-state index >= 15 is 0 Å². The van der Waals surface area contributed by atoms with E-state index in [1.165, 1.54) is 25.2 Å². The molecule has 0 heterocycles. The van der Waals surface area contributed by atoms with Crippen LogP contribution in [0.5, 0.6) is 0 Å². The van der Waals surface area contributed by atoms with E-state index in [4.69, 9.17) is 0 Å². The van der Waals surface area contributed by atoms with Gasteiger partial charge in [-0.15, -0.1) is 0 Å². The van der Waals surface area contributed by atoms with Crippen molar-refractivity contribution >= 4 is 21.5 Å². The van der Waals surface area contributed by atoms with E-state index in [1.807, 2.05) is 0 Å². The number of hydrogen-bond donors (Lipinski definition) is 0. The molecule has 1 aromatic carbocycles. The predicted molar refractivity (Wildman–Crippen MR) is 65.0 cm³/mol. The third-order valence-electron chi connectivity index (χ3n) is 2.46. The van der Waals surface area contributed by atoms with E-state index in [0.29, 0.717) is 0 Å². The Morgan fingerprint density at radius 1 is 1.30 bits per heavy atom. The average molecular weight is 311 g/mol. The molecule has 9 heteroatoms. The molecule has 0 aromatic heterocycles. The number of methoxy groups -OCH3 is 1. The summed E-state index contributed by atoms with van der Waals surface area (Å²) >= 11 is 0. The van der Waals surface area contributed by atoms with Crippen molar-refractivity contribution in [3.63, 3.8) is 0 Å². The van der Waals surface area contributed by atoms with Crippen LogP contribution in [0.2, 0.25) is 0 Å². The number of nitrogens with zero attached hydrogens (tertiary/aromatic N) is 1. The van der Waals surface area contributed by atoms with Crippen LogP contribution in [0.25, 0.3) is 0 Å². The molecule has 0 unspecified atom stereocenters. The van der Waals surface area contributed by atoms with Gasteiger partial charge in [-0.25, -0.2) is 8.42 Å². The van der Waals surface area contributed by atoms with Crippen molar-refractivity contribution in [2.75, 3.05) is 25.6 Å². The molecule has 0 aliphatic heterocycles. The number of ether oxygens (including phenoxy) is 1. The maximum atomic E-state index is 12.6. The zero-order chi connectivity index (χ0) is 15.6. The second kappa shape index (κ2) is 5.70. The predicted octanol–water partition coefficient (Wildman–Crippen LogP) is 1.59. The minimum absolute atomic E-state index is 0.227. The first-order valence-corrected chi connectivity index (χ1v) is 6.78. The molecule has 0 spiro atoms. The summed E-state index contributed by atoms with van der Waals surface area (Å²) in [5.74, 6) is -0.702. The van der Waals surface area contributed by atoms with Crippen molar-refractivity contribution in [2.45, 2.75) is 10.4 Å². The fourth-order valence-corrected chi connectivity index (χ4v) is 2.47. The van der Waals surface area contributed by atoms with Gasteiger partial charge in [-0.05, 0) is 12.1 Å². The van der Waals surface area contributed by atoms with E-state index < -0.39 is 26.2 Å². The van der Waals surface area contributed by atoms with Crippen molar-refractivity contribution in [1.82, 2.24) is 0 Å². The highest BCUT2D eigenvalue weighted by Gasteiger charge is 2.48. The topological polar surface area (TPSA) is 63.7 Å². The molecule has 0 saturated heterocycles. The van der Waals surface area contributed by atoms with Gasteiger partial charge < -0.3 is 9.64 Å². The Balaban J connectivity index is 3.29. The Kier molecular flexibility index (Phi) is 4.64. The maximum absolute atomic E-state index is 12.6. The third kappa shape index (κ3) is 3.21. The number of alkyl halides is 3. The Hall–Kier alpha value is -1.77. The van der Waals surface area contributed by atoms with Gasteiger partial charge in [0.05, 0.1) is 17.7 Å². The second-order valence-electron chi connectivity index (χ2n) is 3.85. The standard InChI is InChI=1S/C11H12F3NO4S/c1-15(7-10(16)19-2)8-5-3-4-6-9(8)20(17,18)11(12,13)14/h3-6H,7H2,1-2H3. The molecule has 1 rings (SSSR count). The summed E-state index contributed by atoms with van der Waals surface area (Å²) < 4.78 is 65.1. The zero-order valence-corrected chi connectivity index (χ0v) is 11.5. The van der Waals surface area contributed by atoms with Crippen LogP contribution in [0, 0.1) is 0 Å². The number of anilines is 1. The lowest BCUT2D eigenvalue weighted by atomic mass is 10.3. The lowest BCUT2D eigenvalue weighted by molar-refractivity contribution is -0.138. The molecule has 1 aromatic rings. The van der Waals surface area contributed by atoms with Gasteiger partial charge in [-0.2, -0.15) is 13.2 Å². The van der Waals surface area contributed by atoms with Crippen molar-refractivity contribution in [1.29, 1.82) is 0 Å². The molecule has 5 nitrogen and oxygen atoms in total. The first-order chi connectivity index (χ1) is 9.11. The molecule has 0 bridgehead atoms. The van der Waals surface area contributed by atoms with Gasteiger partial charge in [0.1, 0.15) is 6.54 Å². The van der Waals surface area contributed by atoms with Crippen LogP contribution in [-0.4, -0.2) is 40.6 Å². The zero-order valence-electron chi connectivity index (χ0n) is 10.6. The number of halogens is 3. The molecule has 0 saturated carbocycles. The van der Waals surface area contributed by atoms with Crippen LogP contribution < -0.4 is 4.90 Å². The number of benzene rings is 1. The molecule has 0 atom stereocenters. The molecule has 0 N–H and O–H groups in total. The van der Waals surface area contributed by atoms with Gasteiger partial charge in [0.15, 0.2) is 0 Å². The number of likely N-dealkylation sites (N-methyl/N-ethyl adjacent to an activating group) is 1. The van der Waals surface area contributed by atoms with Gasteiger partial charge in [-0.1, -0.05) is 12.1 Å². The molecule has 0 amide bonds. The first-order valence-electron chi connectivity index (χ1n) is 5.29. The SMILES string of the molecule is COC(=O)CN(C)c1ccccc1S(=O)(=O)C(F)(F)F. The van der Waals surface area contributed by atoms with E-state index in [1.54, 1.807) is 0 Å². The Bertz CT molecular complexity index is 598. The monoisotopic (exact) mass is 311 g/mol. The largest absolute Gasteiger partial charge is 0.501 e. The van der Waals surface area contributed by atoms with Crippen LogP contribution in [0.15, 0.2) is 29.2 Å². The van der Waals surface area contributed by atoms with Crippen LogP contribution in [0.4, 0.5) is 18.9 Å².